The summed E-state index contributed by atoms with van der Waals surface area (Å²) in [5.74, 6) is -1.95. The molecule has 1 aliphatic heterocycles. The van der Waals surface area contributed by atoms with Gasteiger partial charge in [0.25, 0.3) is 0 Å². The van der Waals surface area contributed by atoms with Gasteiger partial charge < -0.3 is 0 Å². The molecule has 0 radical (unpaired) electrons. The van der Waals surface area contributed by atoms with Crippen LogP contribution in [-0.4, -0.2) is 17.8 Å². The van der Waals surface area contributed by atoms with E-state index < -0.39 is 23.8 Å². The number of nitrogens with one attached hydrogen (secondary N) is 2. The highest BCUT2D eigenvalue weighted by Gasteiger charge is 2.32. The molecule has 0 bridgehead atoms. The van der Waals surface area contributed by atoms with Crippen LogP contribution in [0.3, 0.4) is 0 Å². The number of carbonyl (C=O) groups is 3. The maximum absolute atomic E-state index is 11.4. The summed E-state index contributed by atoms with van der Waals surface area (Å²) in [6.45, 7) is 0. The topological polar surface area (TPSA) is 75.3 Å². The summed E-state index contributed by atoms with van der Waals surface area (Å²) in [5.41, 5.74) is 0.991. The van der Waals surface area contributed by atoms with Gasteiger partial charge in [0.1, 0.15) is 5.92 Å². The standard InChI is InChI=1S/C13H12N2O3/c16-11-10(12(17)15-13(18)14-11)8-4-7-9-5-2-1-3-6-9/h1-7,10H,8H2,(H2,14,15,16,17,18)/b7-4-. The van der Waals surface area contributed by atoms with Crippen molar-refractivity contribution in [1.29, 1.82) is 0 Å². The average Bonchev–Trinajstić information content (AvgIpc) is 2.34. The predicted molar refractivity (Wildman–Crippen MR) is 65.3 cm³/mol. The quantitative estimate of drug-likeness (QED) is 0.781. The Hall–Kier alpha value is -2.43. The van der Waals surface area contributed by atoms with Gasteiger partial charge in [0.15, 0.2) is 0 Å². The van der Waals surface area contributed by atoms with E-state index in [4.69, 9.17) is 0 Å². The molecule has 4 amide bonds. The monoisotopic (exact) mass is 244 g/mol. The van der Waals surface area contributed by atoms with Crippen molar-refractivity contribution >= 4 is 23.9 Å². The fourth-order valence-electron chi connectivity index (χ4n) is 1.67. The molecule has 1 saturated heterocycles. The lowest BCUT2D eigenvalue weighted by Gasteiger charge is -2.19. The number of urea groups is 1. The van der Waals surface area contributed by atoms with Gasteiger partial charge in [-0.1, -0.05) is 42.5 Å². The van der Waals surface area contributed by atoms with Gasteiger partial charge in [-0.3, -0.25) is 20.2 Å². The van der Waals surface area contributed by atoms with E-state index in [1.807, 2.05) is 36.4 Å². The van der Waals surface area contributed by atoms with E-state index in [2.05, 4.69) is 10.6 Å². The largest absolute Gasteiger partial charge is 0.328 e. The molecule has 5 nitrogen and oxygen atoms in total. The van der Waals surface area contributed by atoms with Gasteiger partial charge >= 0.3 is 6.03 Å². The van der Waals surface area contributed by atoms with Crippen molar-refractivity contribution in [2.75, 3.05) is 0 Å². The van der Waals surface area contributed by atoms with Crippen LogP contribution < -0.4 is 10.6 Å². The minimum Gasteiger partial charge on any atom is -0.277 e. The summed E-state index contributed by atoms with van der Waals surface area (Å²) in [6.07, 6.45) is 3.84. The first kappa shape index (κ1) is 12.0. The molecule has 0 atom stereocenters. The second-order valence-corrected chi connectivity index (χ2v) is 3.91. The van der Waals surface area contributed by atoms with Gasteiger partial charge in [-0.05, 0) is 12.0 Å². The lowest BCUT2D eigenvalue weighted by Crippen LogP contribution is -2.55. The molecule has 2 rings (SSSR count). The Morgan fingerprint density at radius 2 is 1.61 bits per heavy atom. The number of carbonyl (C=O) groups excluding carboxylic acids is 3. The van der Waals surface area contributed by atoms with E-state index in [1.54, 1.807) is 6.08 Å². The summed E-state index contributed by atoms with van der Waals surface area (Å²) >= 11 is 0. The molecule has 0 saturated carbocycles. The maximum atomic E-state index is 11.4. The minimum absolute atomic E-state index is 0.264. The van der Waals surface area contributed by atoms with Gasteiger partial charge in [0.05, 0.1) is 0 Å². The molecule has 2 N–H and O–H groups in total. The smallest absolute Gasteiger partial charge is 0.277 e. The van der Waals surface area contributed by atoms with Crippen LogP contribution in [0.5, 0.6) is 0 Å². The third-order valence-electron chi connectivity index (χ3n) is 2.59. The van der Waals surface area contributed by atoms with Crippen LogP contribution in [0.25, 0.3) is 6.08 Å². The lowest BCUT2D eigenvalue weighted by atomic mass is 10.0. The summed E-state index contributed by atoms with van der Waals surface area (Å²) in [5, 5.41) is 4.13. The molecule has 0 aromatic heterocycles. The summed E-state index contributed by atoms with van der Waals surface area (Å²) < 4.78 is 0. The summed E-state index contributed by atoms with van der Waals surface area (Å²) in [6, 6.07) is 8.79. The molecular weight excluding hydrogens is 232 g/mol. The number of allylic oxidation sites excluding steroid dienone is 1. The molecule has 92 valence electrons. The van der Waals surface area contributed by atoms with Crippen LogP contribution in [0, 0.1) is 5.92 Å². The summed E-state index contributed by atoms with van der Waals surface area (Å²) in [4.78, 5) is 33.7. The van der Waals surface area contributed by atoms with E-state index in [0.717, 1.165) is 5.56 Å². The van der Waals surface area contributed by atoms with E-state index in [0.29, 0.717) is 0 Å². The van der Waals surface area contributed by atoms with Crippen LogP contribution in [0.15, 0.2) is 36.4 Å². The van der Waals surface area contributed by atoms with Crippen LogP contribution in [0.1, 0.15) is 12.0 Å². The zero-order valence-electron chi connectivity index (χ0n) is 9.55. The fourth-order valence-corrected chi connectivity index (χ4v) is 1.67. The Morgan fingerprint density at radius 1 is 1.00 bits per heavy atom. The number of hydrogen-bond donors (Lipinski definition) is 2. The van der Waals surface area contributed by atoms with Gasteiger partial charge in [0.2, 0.25) is 11.8 Å². The molecule has 0 spiro atoms. The Labute approximate surface area is 104 Å². The van der Waals surface area contributed by atoms with Gasteiger partial charge in [-0.2, -0.15) is 0 Å². The van der Waals surface area contributed by atoms with Crippen molar-refractivity contribution in [2.45, 2.75) is 6.42 Å². The second kappa shape index (κ2) is 5.27. The molecule has 1 heterocycles. The van der Waals surface area contributed by atoms with Crippen molar-refractivity contribution in [3.63, 3.8) is 0 Å². The highest BCUT2D eigenvalue weighted by Crippen LogP contribution is 2.10. The van der Waals surface area contributed by atoms with E-state index in [9.17, 15) is 14.4 Å². The first-order valence-electron chi connectivity index (χ1n) is 5.54. The van der Waals surface area contributed by atoms with Crippen LogP contribution >= 0.6 is 0 Å². The molecule has 1 aromatic carbocycles. The van der Waals surface area contributed by atoms with Crippen molar-refractivity contribution in [3.8, 4) is 0 Å². The molecule has 0 aliphatic carbocycles. The summed E-state index contributed by atoms with van der Waals surface area (Å²) in [7, 11) is 0. The molecule has 1 aliphatic rings. The Bertz CT molecular complexity index is 488. The fraction of sp³-hybridized carbons (Fsp3) is 0.154. The zero-order chi connectivity index (χ0) is 13.0. The normalized spacial score (nSPS) is 16.8. The molecule has 1 fully saturated rings. The number of rotatable bonds is 3. The number of amides is 4. The Kier molecular flexibility index (Phi) is 3.52. The Morgan fingerprint density at radius 3 is 2.22 bits per heavy atom. The minimum atomic E-state index is -0.845. The average molecular weight is 244 g/mol. The van der Waals surface area contributed by atoms with Gasteiger partial charge in [-0.25, -0.2) is 4.79 Å². The van der Waals surface area contributed by atoms with Crippen molar-refractivity contribution in [3.05, 3.63) is 42.0 Å². The molecule has 18 heavy (non-hydrogen) atoms. The first-order valence-corrected chi connectivity index (χ1v) is 5.54. The van der Waals surface area contributed by atoms with E-state index in [-0.39, 0.29) is 6.42 Å². The Balaban J connectivity index is 1.98. The van der Waals surface area contributed by atoms with E-state index in [1.165, 1.54) is 0 Å². The number of benzene rings is 1. The molecule has 5 heteroatoms. The predicted octanol–water partition coefficient (Wildman–Crippen LogP) is 1.07. The molecule has 1 aromatic rings. The van der Waals surface area contributed by atoms with Crippen LogP contribution in [0.4, 0.5) is 4.79 Å². The van der Waals surface area contributed by atoms with E-state index >= 15 is 0 Å². The third kappa shape index (κ3) is 2.82. The zero-order valence-corrected chi connectivity index (χ0v) is 9.55. The number of hydrogen-bond acceptors (Lipinski definition) is 3. The van der Waals surface area contributed by atoms with Crippen molar-refractivity contribution < 1.29 is 14.4 Å². The number of barbiturate groups is 1. The van der Waals surface area contributed by atoms with Gasteiger partial charge in [0, 0.05) is 0 Å². The number of imide groups is 2. The molecule has 0 unspecified atom stereocenters. The van der Waals surface area contributed by atoms with Crippen molar-refractivity contribution in [2.24, 2.45) is 5.92 Å². The lowest BCUT2D eigenvalue weighted by molar-refractivity contribution is -0.135. The SMILES string of the molecule is O=C1NC(=O)C(C/C=C\c2ccccc2)C(=O)N1. The van der Waals surface area contributed by atoms with Crippen molar-refractivity contribution in [1.82, 2.24) is 10.6 Å². The molecular formula is C13H12N2O3. The second-order valence-electron chi connectivity index (χ2n) is 3.91. The van der Waals surface area contributed by atoms with Crippen LogP contribution in [0.2, 0.25) is 0 Å². The highest BCUT2D eigenvalue weighted by atomic mass is 16.2. The first-order chi connectivity index (χ1) is 8.66. The van der Waals surface area contributed by atoms with Crippen LogP contribution in [-0.2, 0) is 9.59 Å². The maximum Gasteiger partial charge on any atom is 0.328 e. The highest BCUT2D eigenvalue weighted by molar-refractivity contribution is 6.16. The van der Waals surface area contributed by atoms with Gasteiger partial charge in [-0.15, -0.1) is 0 Å². The third-order valence-corrected chi connectivity index (χ3v) is 2.59.